The van der Waals surface area contributed by atoms with E-state index < -0.39 is 5.97 Å². The van der Waals surface area contributed by atoms with Crippen molar-refractivity contribution >= 4 is 23.4 Å². The minimum atomic E-state index is -0.923. The molecule has 4 nitrogen and oxygen atoms in total. The zero-order valence-corrected chi connectivity index (χ0v) is 12.5. The summed E-state index contributed by atoms with van der Waals surface area (Å²) in [5.41, 5.74) is 2.35. The number of hydrogen-bond donors (Lipinski definition) is 1. The van der Waals surface area contributed by atoms with E-state index in [1.807, 2.05) is 16.8 Å². The largest absolute Gasteiger partial charge is 0.478 e. The van der Waals surface area contributed by atoms with Gasteiger partial charge in [0.25, 0.3) is 0 Å². The number of carboxylic acid groups (broad SMARTS) is 1. The average Bonchev–Trinajstić information content (AvgIpc) is 3.03. The van der Waals surface area contributed by atoms with Gasteiger partial charge in [-0.15, -0.1) is 11.3 Å². The summed E-state index contributed by atoms with van der Waals surface area (Å²) in [5.74, 6) is -0.923. The first-order valence-electron chi connectivity index (χ1n) is 6.67. The van der Waals surface area contributed by atoms with Crippen LogP contribution >= 0.6 is 11.3 Å². The topological polar surface area (TPSA) is 55.1 Å². The molecular formula is C15H18N2O2S. The van der Waals surface area contributed by atoms with Crippen LogP contribution in [0.3, 0.4) is 0 Å². The Morgan fingerprint density at radius 2 is 2.20 bits per heavy atom. The quantitative estimate of drug-likeness (QED) is 0.831. The molecule has 0 amide bonds. The summed E-state index contributed by atoms with van der Waals surface area (Å²) in [5, 5.41) is 13.2. The summed E-state index contributed by atoms with van der Waals surface area (Å²) in [7, 11) is 0. The molecule has 1 N–H and O–H groups in total. The third-order valence-corrected chi connectivity index (χ3v) is 4.05. The Labute approximate surface area is 122 Å². The van der Waals surface area contributed by atoms with E-state index in [2.05, 4.69) is 25.0 Å². The Morgan fingerprint density at radius 1 is 1.40 bits per heavy atom. The molecule has 106 valence electrons. The molecule has 2 aromatic heterocycles. The van der Waals surface area contributed by atoms with Gasteiger partial charge in [-0.3, -0.25) is 4.68 Å². The van der Waals surface area contributed by atoms with Gasteiger partial charge in [-0.2, -0.15) is 5.10 Å². The van der Waals surface area contributed by atoms with Crippen LogP contribution in [0.15, 0.2) is 24.3 Å². The Kier molecular flexibility index (Phi) is 4.74. The van der Waals surface area contributed by atoms with Crippen LogP contribution in [0.5, 0.6) is 0 Å². The number of nitrogens with zero attached hydrogens (tertiary/aromatic N) is 2. The van der Waals surface area contributed by atoms with Crippen molar-refractivity contribution in [1.82, 2.24) is 9.78 Å². The predicted molar refractivity (Wildman–Crippen MR) is 81.1 cm³/mol. The van der Waals surface area contributed by atoms with Crippen molar-refractivity contribution in [2.45, 2.75) is 33.2 Å². The predicted octanol–water partition coefficient (Wildman–Crippen LogP) is 3.22. The smallest absolute Gasteiger partial charge is 0.328 e. The van der Waals surface area contributed by atoms with Gasteiger partial charge in [0.1, 0.15) is 0 Å². The first-order valence-corrected chi connectivity index (χ1v) is 7.49. The molecule has 0 aliphatic heterocycles. The zero-order chi connectivity index (χ0) is 14.5. The standard InChI is InChI=1S/C15H18N2O2S/c1-3-11-9-12(4-2)17(16-11)10-14-6-5-13(20-14)7-8-15(18)19/h5-9H,3-4,10H2,1-2H3,(H,18,19)/b8-7+. The number of aromatic nitrogens is 2. The lowest BCUT2D eigenvalue weighted by Gasteiger charge is -2.03. The van der Waals surface area contributed by atoms with Crippen LogP contribution in [0, 0.1) is 0 Å². The summed E-state index contributed by atoms with van der Waals surface area (Å²) < 4.78 is 2.04. The number of carbonyl (C=O) groups is 1. The molecule has 0 unspecified atom stereocenters. The van der Waals surface area contributed by atoms with Crippen LogP contribution in [-0.2, 0) is 24.2 Å². The highest BCUT2D eigenvalue weighted by Crippen LogP contribution is 2.20. The second-order valence-electron chi connectivity index (χ2n) is 4.47. The summed E-state index contributed by atoms with van der Waals surface area (Å²) in [6.07, 6.45) is 4.69. The Hall–Kier alpha value is -1.88. The molecule has 0 atom stereocenters. The maximum Gasteiger partial charge on any atom is 0.328 e. The van der Waals surface area contributed by atoms with E-state index in [1.54, 1.807) is 17.4 Å². The normalized spacial score (nSPS) is 11.3. The second-order valence-corrected chi connectivity index (χ2v) is 5.67. The third-order valence-electron chi connectivity index (χ3n) is 3.02. The lowest BCUT2D eigenvalue weighted by Crippen LogP contribution is -2.04. The first-order chi connectivity index (χ1) is 9.62. The minimum Gasteiger partial charge on any atom is -0.478 e. The van der Waals surface area contributed by atoms with E-state index in [4.69, 9.17) is 5.11 Å². The number of thiophene rings is 1. The molecule has 0 bridgehead atoms. The molecule has 0 spiro atoms. The molecule has 0 saturated heterocycles. The molecule has 2 aromatic rings. The number of carboxylic acids is 1. The fourth-order valence-corrected chi connectivity index (χ4v) is 2.88. The Bertz CT molecular complexity index is 626. The van der Waals surface area contributed by atoms with Gasteiger partial charge in [-0.1, -0.05) is 13.8 Å². The maximum atomic E-state index is 10.5. The highest BCUT2D eigenvalue weighted by atomic mass is 32.1. The van der Waals surface area contributed by atoms with Gasteiger partial charge in [0, 0.05) is 21.5 Å². The van der Waals surface area contributed by atoms with Gasteiger partial charge >= 0.3 is 5.97 Å². The number of hydrogen-bond acceptors (Lipinski definition) is 3. The van der Waals surface area contributed by atoms with Crippen LogP contribution < -0.4 is 0 Å². The van der Waals surface area contributed by atoms with E-state index in [-0.39, 0.29) is 0 Å². The van der Waals surface area contributed by atoms with Crippen molar-refractivity contribution in [1.29, 1.82) is 0 Å². The monoisotopic (exact) mass is 290 g/mol. The fourth-order valence-electron chi connectivity index (χ4n) is 1.98. The fraction of sp³-hybridized carbons (Fsp3) is 0.333. The molecule has 0 aliphatic carbocycles. The summed E-state index contributed by atoms with van der Waals surface area (Å²) in [4.78, 5) is 12.6. The summed E-state index contributed by atoms with van der Waals surface area (Å²) in [6.45, 7) is 4.98. The van der Waals surface area contributed by atoms with Crippen LogP contribution in [0.1, 0.15) is 35.0 Å². The highest BCUT2D eigenvalue weighted by molar-refractivity contribution is 7.12. The highest BCUT2D eigenvalue weighted by Gasteiger charge is 2.07. The molecule has 0 aromatic carbocycles. The average molecular weight is 290 g/mol. The van der Waals surface area contributed by atoms with Crippen molar-refractivity contribution in [2.24, 2.45) is 0 Å². The van der Waals surface area contributed by atoms with E-state index in [1.165, 1.54) is 10.6 Å². The van der Waals surface area contributed by atoms with Crippen LogP contribution in [0.2, 0.25) is 0 Å². The van der Waals surface area contributed by atoms with Crippen LogP contribution in [0.4, 0.5) is 0 Å². The van der Waals surface area contributed by atoms with Crippen LogP contribution in [-0.4, -0.2) is 20.9 Å². The molecular weight excluding hydrogens is 272 g/mol. The molecule has 0 aliphatic rings. The molecule has 2 heterocycles. The lowest BCUT2D eigenvalue weighted by atomic mass is 10.2. The molecule has 0 saturated carbocycles. The molecule has 2 rings (SSSR count). The summed E-state index contributed by atoms with van der Waals surface area (Å²) >= 11 is 1.59. The molecule has 0 radical (unpaired) electrons. The van der Waals surface area contributed by atoms with Crippen molar-refractivity contribution in [3.8, 4) is 0 Å². The SMILES string of the molecule is CCc1cc(CC)n(Cc2ccc(/C=C/C(=O)O)s2)n1. The van der Waals surface area contributed by atoms with Crippen LogP contribution in [0.25, 0.3) is 6.08 Å². The number of aryl methyl sites for hydroxylation is 2. The Balaban J connectivity index is 2.14. The third kappa shape index (κ3) is 3.57. The van der Waals surface area contributed by atoms with Gasteiger partial charge in [-0.25, -0.2) is 4.79 Å². The number of rotatable bonds is 6. The summed E-state index contributed by atoms with van der Waals surface area (Å²) in [6, 6.07) is 6.12. The van der Waals surface area contributed by atoms with Crippen molar-refractivity contribution in [3.05, 3.63) is 45.4 Å². The minimum absolute atomic E-state index is 0.745. The zero-order valence-electron chi connectivity index (χ0n) is 11.7. The van der Waals surface area contributed by atoms with Crippen molar-refractivity contribution in [3.63, 3.8) is 0 Å². The molecule has 0 fully saturated rings. The van der Waals surface area contributed by atoms with Gasteiger partial charge in [0.2, 0.25) is 0 Å². The van der Waals surface area contributed by atoms with Gasteiger partial charge < -0.3 is 5.11 Å². The van der Waals surface area contributed by atoms with Gasteiger partial charge in [0.15, 0.2) is 0 Å². The maximum absolute atomic E-state index is 10.5. The van der Waals surface area contributed by atoms with Crippen molar-refractivity contribution in [2.75, 3.05) is 0 Å². The van der Waals surface area contributed by atoms with Gasteiger partial charge in [-0.05, 0) is 37.1 Å². The second kappa shape index (κ2) is 6.52. The van der Waals surface area contributed by atoms with E-state index in [0.29, 0.717) is 0 Å². The Morgan fingerprint density at radius 3 is 2.85 bits per heavy atom. The van der Waals surface area contributed by atoms with E-state index >= 15 is 0 Å². The lowest BCUT2D eigenvalue weighted by molar-refractivity contribution is -0.131. The molecule has 20 heavy (non-hydrogen) atoms. The first kappa shape index (κ1) is 14.5. The number of aliphatic carboxylic acids is 1. The van der Waals surface area contributed by atoms with Gasteiger partial charge in [0.05, 0.1) is 12.2 Å². The van der Waals surface area contributed by atoms with Crippen molar-refractivity contribution < 1.29 is 9.90 Å². The molecule has 5 heteroatoms. The van der Waals surface area contributed by atoms with E-state index in [0.717, 1.165) is 36.0 Å². The van der Waals surface area contributed by atoms with E-state index in [9.17, 15) is 4.79 Å².